The molecule has 0 bridgehead atoms. The molecule has 2 aliphatic rings. The summed E-state index contributed by atoms with van der Waals surface area (Å²) in [5.74, 6) is 0. The summed E-state index contributed by atoms with van der Waals surface area (Å²) in [7, 11) is 0. The Labute approximate surface area is 130 Å². The van der Waals surface area contributed by atoms with Crippen molar-refractivity contribution in [3.8, 4) is 0 Å². The van der Waals surface area contributed by atoms with Crippen LogP contribution in [0.3, 0.4) is 0 Å². The van der Waals surface area contributed by atoms with E-state index in [0.29, 0.717) is 6.04 Å². The largest absolute Gasteiger partial charge is 0.381 e. The van der Waals surface area contributed by atoms with Crippen molar-refractivity contribution >= 4 is 0 Å². The number of nitrogens with zero attached hydrogens (tertiary/aromatic N) is 1. The van der Waals surface area contributed by atoms with Gasteiger partial charge in [0.05, 0.1) is 5.60 Å². The molecule has 4 nitrogen and oxygen atoms in total. The maximum Gasteiger partial charge on any atom is 0.0741 e. The minimum Gasteiger partial charge on any atom is -0.381 e. The predicted octanol–water partition coefficient (Wildman–Crippen LogP) is 2.41. The van der Waals surface area contributed by atoms with Crippen LogP contribution in [0.25, 0.3) is 0 Å². The second-order valence-electron chi connectivity index (χ2n) is 7.63. The molecular formula is C17H34N2O2. The quantitative estimate of drug-likeness (QED) is 0.818. The van der Waals surface area contributed by atoms with E-state index in [1.54, 1.807) is 0 Å². The molecule has 0 amide bonds. The van der Waals surface area contributed by atoms with E-state index in [0.717, 1.165) is 58.6 Å². The van der Waals surface area contributed by atoms with Gasteiger partial charge in [0.2, 0.25) is 0 Å². The molecule has 2 heterocycles. The van der Waals surface area contributed by atoms with Crippen molar-refractivity contribution in [1.29, 1.82) is 0 Å². The fourth-order valence-electron chi connectivity index (χ4n) is 3.70. The normalized spacial score (nSPS) is 26.4. The molecule has 0 aromatic carbocycles. The molecule has 2 N–H and O–H groups in total. The van der Waals surface area contributed by atoms with E-state index in [1.807, 2.05) is 0 Å². The Morgan fingerprint density at radius 3 is 2.57 bits per heavy atom. The molecule has 4 heteroatoms. The minimum absolute atomic E-state index is 0.0833. The first-order chi connectivity index (χ1) is 10.0. The SMILES string of the molecule is CCCN(CC(C)(C)CN)C1CCOC2(CCOCC2)C1. The monoisotopic (exact) mass is 298 g/mol. The molecule has 2 fully saturated rings. The summed E-state index contributed by atoms with van der Waals surface area (Å²) >= 11 is 0. The summed E-state index contributed by atoms with van der Waals surface area (Å²) in [6, 6.07) is 0.641. The molecule has 0 radical (unpaired) electrons. The maximum atomic E-state index is 6.19. The third kappa shape index (κ3) is 4.65. The van der Waals surface area contributed by atoms with Crippen molar-refractivity contribution in [3.63, 3.8) is 0 Å². The van der Waals surface area contributed by atoms with Gasteiger partial charge in [0.15, 0.2) is 0 Å². The third-order valence-corrected chi connectivity index (χ3v) is 5.08. The second-order valence-corrected chi connectivity index (χ2v) is 7.63. The molecule has 0 aromatic rings. The topological polar surface area (TPSA) is 47.7 Å². The average molecular weight is 298 g/mol. The van der Waals surface area contributed by atoms with E-state index in [4.69, 9.17) is 15.2 Å². The Hall–Kier alpha value is -0.160. The Morgan fingerprint density at radius 2 is 1.95 bits per heavy atom. The molecule has 2 saturated heterocycles. The summed E-state index contributed by atoms with van der Waals surface area (Å²) in [4.78, 5) is 2.67. The van der Waals surface area contributed by atoms with Crippen molar-refractivity contribution in [2.45, 2.75) is 64.5 Å². The van der Waals surface area contributed by atoms with Crippen molar-refractivity contribution in [2.24, 2.45) is 11.1 Å². The van der Waals surface area contributed by atoms with Crippen molar-refractivity contribution in [2.75, 3.05) is 39.5 Å². The molecule has 1 unspecified atom stereocenters. The zero-order valence-electron chi connectivity index (χ0n) is 14.2. The lowest BCUT2D eigenvalue weighted by atomic mass is 9.82. The van der Waals surface area contributed by atoms with Gasteiger partial charge >= 0.3 is 0 Å². The van der Waals surface area contributed by atoms with Crippen LogP contribution >= 0.6 is 0 Å². The molecule has 2 rings (SSSR count). The Morgan fingerprint density at radius 1 is 1.24 bits per heavy atom. The molecule has 0 aliphatic carbocycles. The van der Waals surface area contributed by atoms with Crippen LogP contribution in [0.2, 0.25) is 0 Å². The molecule has 1 atom stereocenters. The van der Waals surface area contributed by atoms with E-state index in [9.17, 15) is 0 Å². The van der Waals surface area contributed by atoms with Gasteiger partial charge in [0.25, 0.3) is 0 Å². The van der Waals surface area contributed by atoms with E-state index >= 15 is 0 Å². The first-order valence-corrected chi connectivity index (χ1v) is 8.66. The van der Waals surface area contributed by atoms with E-state index < -0.39 is 0 Å². The summed E-state index contributed by atoms with van der Waals surface area (Å²) in [6.07, 6.45) is 5.64. The highest BCUT2D eigenvalue weighted by Crippen LogP contribution is 2.36. The van der Waals surface area contributed by atoms with Gasteiger partial charge in [-0.2, -0.15) is 0 Å². The molecule has 2 aliphatic heterocycles. The standard InChI is InChI=1S/C17H34N2O2/c1-4-8-19(14-16(2,3)13-18)15-5-9-21-17(12-15)6-10-20-11-7-17/h15H,4-14,18H2,1-3H3. The van der Waals surface area contributed by atoms with Gasteiger partial charge in [-0.1, -0.05) is 20.8 Å². The zero-order chi connectivity index (χ0) is 15.3. The van der Waals surface area contributed by atoms with Gasteiger partial charge in [-0.3, -0.25) is 4.90 Å². The van der Waals surface area contributed by atoms with Crippen LogP contribution in [0.15, 0.2) is 0 Å². The molecule has 0 saturated carbocycles. The predicted molar refractivity (Wildman–Crippen MR) is 86.5 cm³/mol. The van der Waals surface area contributed by atoms with Crippen molar-refractivity contribution in [1.82, 2.24) is 4.90 Å². The first kappa shape index (κ1) is 17.2. The summed E-state index contributed by atoms with van der Waals surface area (Å²) < 4.78 is 11.7. The molecule has 124 valence electrons. The number of nitrogens with two attached hydrogens (primary N) is 1. The fourth-order valence-corrected chi connectivity index (χ4v) is 3.70. The van der Waals surface area contributed by atoms with E-state index in [1.165, 1.54) is 13.0 Å². The first-order valence-electron chi connectivity index (χ1n) is 8.66. The Bertz CT molecular complexity index is 308. The third-order valence-electron chi connectivity index (χ3n) is 5.08. The Balaban J connectivity index is 2.01. The maximum absolute atomic E-state index is 6.19. The zero-order valence-corrected chi connectivity index (χ0v) is 14.2. The van der Waals surface area contributed by atoms with Crippen LogP contribution in [0.5, 0.6) is 0 Å². The lowest BCUT2D eigenvalue weighted by Crippen LogP contribution is -2.53. The molecule has 21 heavy (non-hydrogen) atoms. The van der Waals surface area contributed by atoms with E-state index in [-0.39, 0.29) is 11.0 Å². The van der Waals surface area contributed by atoms with Crippen LogP contribution in [0.4, 0.5) is 0 Å². The van der Waals surface area contributed by atoms with Crippen molar-refractivity contribution < 1.29 is 9.47 Å². The highest BCUT2D eigenvalue weighted by molar-refractivity contribution is 4.93. The molecule has 0 aromatic heterocycles. The smallest absolute Gasteiger partial charge is 0.0741 e. The highest BCUT2D eigenvalue weighted by atomic mass is 16.5. The Kier molecular flexibility index (Phi) is 6.06. The highest BCUT2D eigenvalue weighted by Gasteiger charge is 2.41. The van der Waals surface area contributed by atoms with Gasteiger partial charge in [-0.25, -0.2) is 0 Å². The second kappa shape index (κ2) is 7.40. The fraction of sp³-hybridized carbons (Fsp3) is 1.00. The summed E-state index contributed by atoms with van der Waals surface area (Å²) in [5.41, 5.74) is 6.22. The number of rotatable bonds is 6. The minimum atomic E-state index is 0.0833. The lowest BCUT2D eigenvalue weighted by molar-refractivity contribution is -0.152. The van der Waals surface area contributed by atoms with Gasteiger partial charge < -0.3 is 15.2 Å². The van der Waals surface area contributed by atoms with Crippen LogP contribution in [-0.4, -0.2) is 56.0 Å². The van der Waals surface area contributed by atoms with Gasteiger partial charge in [0.1, 0.15) is 0 Å². The van der Waals surface area contributed by atoms with Crippen LogP contribution in [0, 0.1) is 5.41 Å². The van der Waals surface area contributed by atoms with Crippen molar-refractivity contribution in [3.05, 3.63) is 0 Å². The van der Waals surface area contributed by atoms with Gasteiger partial charge in [-0.15, -0.1) is 0 Å². The van der Waals surface area contributed by atoms with Crippen LogP contribution in [0.1, 0.15) is 52.9 Å². The van der Waals surface area contributed by atoms with Crippen LogP contribution in [-0.2, 0) is 9.47 Å². The average Bonchev–Trinajstić information content (AvgIpc) is 2.47. The number of hydrogen-bond donors (Lipinski definition) is 1. The van der Waals surface area contributed by atoms with Gasteiger partial charge in [0, 0.05) is 32.4 Å². The van der Waals surface area contributed by atoms with Gasteiger partial charge in [-0.05, 0) is 50.6 Å². The summed E-state index contributed by atoms with van der Waals surface area (Å²) in [5, 5.41) is 0. The van der Waals surface area contributed by atoms with Crippen LogP contribution < -0.4 is 5.73 Å². The number of ether oxygens (including phenoxy) is 2. The molecule has 1 spiro atoms. The lowest BCUT2D eigenvalue weighted by Gasteiger charge is -2.47. The molecular weight excluding hydrogens is 264 g/mol. The number of hydrogen-bond acceptors (Lipinski definition) is 4. The van der Waals surface area contributed by atoms with E-state index in [2.05, 4.69) is 25.7 Å². The summed E-state index contributed by atoms with van der Waals surface area (Å²) in [6.45, 7) is 12.4.